The molecule has 0 saturated heterocycles. The molecular weight excluding hydrogens is 394 g/mol. The second-order valence-electron chi connectivity index (χ2n) is 7.49. The van der Waals surface area contributed by atoms with E-state index in [4.69, 9.17) is 14.0 Å². The lowest BCUT2D eigenvalue weighted by Crippen LogP contribution is -2.31. The van der Waals surface area contributed by atoms with Crippen molar-refractivity contribution in [2.24, 2.45) is 5.92 Å². The summed E-state index contributed by atoms with van der Waals surface area (Å²) in [5, 5.41) is 6.94. The molecule has 1 N–H and O–H groups in total. The van der Waals surface area contributed by atoms with Crippen LogP contribution in [0.1, 0.15) is 55.5 Å². The molecule has 0 aliphatic carbocycles. The first kappa shape index (κ1) is 22.3. The van der Waals surface area contributed by atoms with E-state index in [-0.39, 0.29) is 17.9 Å². The van der Waals surface area contributed by atoms with Crippen LogP contribution in [-0.2, 0) is 0 Å². The zero-order valence-electron chi connectivity index (χ0n) is 18.6. The first-order valence-electron chi connectivity index (χ1n) is 10.5. The van der Waals surface area contributed by atoms with Crippen LogP contribution in [-0.4, -0.2) is 29.3 Å². The zero-order valence-corrected chi connectivity index (χ0v) is 18.6. The number of amides is 1. The molecule has 7 heteroatoms. The van der Waals surface area contributed by atoms with Crippen molar-refractivity contribution in [3.05, 3.63) is 59.4 Å². The number of nitrogens with one attached hydrogen (secondary N) is 1. The molecule has 0 aliphatic rings. The van der Waals surface area contributed by atoms with E-state index in [2.05, 4.69) is 29.3 Å². The average Bonchev–Trinajstić information content (AvgIpc) is 3.19. The van der Waals surface area contributed by atoms with E-state index in [9.17, 15) is 4.79 Å². The molecule has 0 aliphatic heterocycles. The number of aromatic nitrogens is 2. The quantitative estimate of drug-likeness (QED) is 0.523. The second kappa shape index (κ2) is 10.1. The highest BCUT2D eigenvalue weighted by molar-refractivity contribution is 5.94. The molecule has 1 aromatic heterocycles. The van der Waals surface area contributed by atoms with Gasteiger partial charge in [0.25, 0.3) is 11.8 Å². The van der Waals surface area contributed by atoms with E-state index >= 15 is 0 Å². The maximum absolute atomic E-state index is 12.9. The third-order valence-corrected chi connectivity index (χ3v) is 4.80. The van der Waals surface area contributed by atoms with Gasteiger partial charge in [-0.3, -0.25) is 4.79 Å². The molecule has 0 saturated carbocycles. The van der Waals surface area contributed by atoms with Crippen molar-refractivity contribution < 1.29 is 18.8 Å². The Morgan fingerprint density at radius 2 is 1.71 bits per heavy atom. The molecule has 0 bridgehead atoms. The van der Waals surface area contributed by atoms with E-state index in [0.717, 1.165) is 11.1 Å². The fraction of sp³-hybridized carbons (Fsp3) is 0.375. The first-order chi connectivity index (χ1) is 14.9. The number of nitrogens with zero attached hydrogens (tertiary/aromatic N) is 2. The number of hydrogen-bond donors (Lipinski definition) is 1. The highest BCUT2D eigenvalue weighted by Crippen LogP contribution is 2.33. The highest BCUT2D eigenvalue weighted by Gasteiger charge is 2.21. The topological polar surface area (TPSA) is 86.5 Å². The van der Waals surface area contributed by atoms with Gasteiger partial charge in [-0.2, -0.15) is 4.98 Å². The Kier molecular flexibility index (Phi) is 7.28. The van der Waals surface area contributed by atoms with Crippen LogP contribution < -0.4 is 14.8 Å². The Hall–Kier alpha value is -3.35. The molecule has 0 spiro atoms. The summed E-state index contributed by atoms with van der Waals surface area (Å²) in [5.74, 6) is 2.41. The van der Waals surface area contributed by atoms with Crippen LogP contribution in [0.25, 0.3) is 11.5 Å². The summed E-state index contributed by atoms with van der Waals surface area (Å²) in [4.78, 5) is 17.2. The van der Waals surface area contributed by atoms with Crippen LogP contribution in [0.5, 0.6) is 11.5 Å². The minimum absolute atomic E-state index is 0.154. The smallest absolute Gasteiger partial charge is 0.257 e. The molecule has 31 heavy (non-hydrogen) atoms. The van der Waals surface area contributed by atoms with Gasteiger partial charge in [-0.05, 0) is 68.7 Å². The molecule has 1 amide bonds. The lowest BCUT2D eigenvalue weighted by atomic mass is 9.95. The summed E-state index contributed by atoms with van der Waals surface area (Å²) in [6, 6.07) is 12.7. The molecular formula is C24H29N3O4. The van der Waals surface area contributed by atoms with E-state index < -0.39 is 0 Å². The van der Waals surface area contributed by atoms with Crippen molar-refractivity contribution in [3.63, 3.8) is 0 Å². The molecule has 3 rings (SSSR count). The van der Waals surface area contributed by atoms with Gasteiger partial charge in [0.2, 0.25) is 0 Å². The average molecular weight is 424 g/mol. The molecule has 7 nitrogen and oxygen atoms in total. The third-order valence-electron chi connectivity index (χ3n) is 4.80. The van der Waals surface area contributed by atoms with Gasteiger partial charge < -0.3 is 19.3 Å². The highest BCUT2D eigenvalue weighted by atomic mass is 16.5. The number of hydrogen-bond acceptors (Lipinski definition) is 6. The lowest BCUT2D eigenvalue weighted by molar-refractivity contribution is 0.0925. The number of carbonyl (C=O) groups is 1. The van der Waals surface area contributed by atoms with E-state index in [1.54, 1.807) is 31.2 Å². The first-order valence-corrected chi connectivity index (χ1v) is 10.5. The Bertz CT molecular complexity index is 1010. The van der Waals surface area contributed by atoms with Gasteiger partial charge in [0.15, 0.2) is 17.3 Å². The molecule has 1 heterocycles. The maximum Gasteiger partial charge on any atom is 0.257 e. The van der Waals surface area contributed by atoms with E-state index in [1.807, 2.05) is 32.0 Å². The summed E-state index contributed by atoms with van der Waals surface area (Å²) in [7, 11) is 0. The fourth-order valence-electron chi connectivity index (χ4n) is 3.30. The van der Waals surface area contributed by atoms with Gasteiger partial charge >= 0.3 is 0 Å². The molecule has 0 radical (unpaired) electrons. The summed E-state index contributed by atoms with van der Waals surface area (Å²) in [6.07, 6.45) is 0. The van der Waals surface area contributed by atoms with Crippen molar-refractivity contribution >= 4 is 5.91 Å². The SMILES string of the molecule is CCOc1ccc(C(NC(=O)c2ccc(-c3nc(C)no3)cc2)C(C)C)cc1OCC. The van der Waals surface area contributed by atoms with Crippen molar-refractivity contribution in [2.75, 3.05) is 13.2 Å². The molecule has 164 valence electrons. The Morgan fingerprint density at radius 3 is 2.29 bits per heavy atom. The monoisotopic (exact) mass is 423 g/mol. The Balaban J connectivity index is 1.79. The van der Waals surface area contributed by atoms with Crippen LogP contribution in [0.4, 0.5) is 0 Å². The summed E-state index contributed by atoms with van der Waals surface area (Å²) < 4.78 is 16.6. The number of carbonyl (C=O) groups excluding carboxylic acids is 1. The number of ether oxygens (including phenoxy) is 2. The minimum atomic E-state index is -0.180. The molecule has 2 aromatic carbocycles. The zero-order chi connectivity index (χ0) is 22.4. The van der Waals surface area contributed by atoms with Crippen LogP contribution in [0.2, 0.25) is 0 Å². The van der Waals surface area contributed by atoms with E-state index in [0.29, 0.717) is 42.0 Å². The summed E-state index contributed by atoms with van der Waals surface area (Å²) in [5.41, 5.74) is 2.29. The Morgan fingerprint density at radius 1 is 1.03 bits per heavy atom. The largest absolute Gasteiger partial charge is 0.490 e. The van der Waals surface area contributed by atoms with Crippen molar-refractivity contribution in [3.8, 4) is 23.0 Å². The van der Waals surface area contributed by atoms with Gasteiger partial charge in [-0.1, -0.05) is 25.1 Å². The molecule has 0 fully saturated rings. The van der Waals surface area contributed by atoms with Gasteiger partial charge in [0, 0.05) is 11.1 Å². The van der Waals surface area contributed by atoms with Crippen LogP contribution in [0.3, 0.4) is 0 Å². The van der Waals surface area contributed by atoms with Gasteiger partial charge in [0.1, 0.15) is 0 Å². The predicted molar refractivity (Wildman–Crippen MR) is 118 cm³/mol. The number of benzene rings is 2. The van der Waals surface area contributed by atoms with Gasteiger partial charge in [-0.15, -0.1) is 0 Å². The lowest BCUT2D eigenvalue weighted by Gasteiger charge is -2.24. The van der Waals surface area contributed by atoms with Gasteiger partial charge in [-0.25, -0.2) is 0 Å². The molecule has 1 atom stereocenters. The van der Waals surface area contributed by atoms with Gasteiger partial charge in [0.05, 0.1) is 19.3 Å². The normalized spacial score (nSPS) is 11.9. The summed E-state index contributed by atoms with van der Waals surface area (Å²) in [6.45, 7) is 10.9. The number of rotatable bonds is 9. The fourth-order valence-corrected chi connectivity index (χ4v) is 3.30. The second-order valence-corrected chi connectivity index (χ2v) is 7.49. The van der Waals surface area contributed by atoms with Crippen molar-refractivity contribution in [1.82, 2.24) is 15.5 Å². The van der Waals surface area contributed by atoms with Crippen molar-refractivity contribution in [1.29, 1.82) is 0 Å². The minimum Gasteiger partial charge on any atom is -0.490 e. The number of aryl methyl sites for hydroxylation is 1. The molecule has 3 aromatic rings. The standard InChI is InChI=1S/C24H29N3O4/c1-6-29-20-13-12-19(14-21(20)30-7-2)22(15(3)4)26-23(28)17-8-10-18(11-9-17)24-25-16(5)27-31-24/h8-15,22H,6-7H2,1-5H3,(H,26,28). The predicted octanol–water partition coefficient (Wildman–Crippen LogP) is 4.97. The van der Waals surface area contributed by atoms with Crippen LogP contribution in [0.15, 0.2) is 47.0 Å². The van der Waals surface area contributed by atoms with Crippen LogP contribution in [0, 0.1) is 12.8 Å². The molecule has 1 unspecified atom stereocenters. The maximum atomic E-state index is 12.9. The Labute approximate surface area is 182 Å². The summed E-state index contributed by atoms with van der Waals surface area (Å²) >= 11 is 0. The third kappa shape index (κ3) is 5.42. The van der Waals surface area contributed by atoms with Crippen molar-refractivity contribution in [2.45, 2.75) is 40.7 Å². The van der Waals surface area contributed by atoms with E-state index in [1.165, 1.54) is 0 Å². The van der Waals surface area contributed by atoms with Crippen LogP contribution >= 0.6 is 0 Å².